The maximum atomic E-state index is 3.82. The Kier molecular flexibility index (Phi) is 9.98. The molecule has 0 amide bonds. The van der Waals surface area contributed by atoms with E-state index >= 15 is 0 Å². The zero-order valence-electron chi connectivity index (χ0n) is 8.44. The van der Waals surface area contributed by atoms with Crippen LogP contribution in [0.1, 0.15) is 40.0 Å². The third kappa shape index (κ3) is 8.86. The second kappa shape index (κ2) is 7.59. The normalized spacial score (nSPS) is 10.9. The smallest absolute Gasteiger partial charge is 0.343 e. The van der Waals surface area contributed by atoms with Crippen molar-refractivity contribution in [1.82, 2.24) is 0 Å². The van der Waals surface area contributed by atoms with Crippen LogP contribution in [0.15, 0.2) is 0 Å². The fraction of sp³-hybridized carbons (Fsp3) is 0.889. The van der Waals surface area contributed by atoms with Gasteiger partial charge < -0.3 is 6.92 Å². The van der Waals surface area contributed by atoms with E-state index in [2.05, 4.69) is 39.5 Å². The van der Waals surface area contributed by atoms with Gasteiger partial charge in [0.15, 0.2) is 0 Å². The van der Waals surface area contributed by atoms with E-state index in [0.29, 0.717) is 4.75 Å². The van der Waals surface area contributed by atoms with Crippen molar-refractivity contribution in [1.29, 1.82) is 0 Å². The van der Waals surface area contributed by atoms with Crippen LogP contribution in [0.2, 0.25) is 0 Å². The summed E-state index contributed by atoms with van der Waals surface area (Å²) in [6.07, 6.45) is 3.59. The minimum atomic E-state index is 0. The molecule has 2 heteroatoms. The first-order chi connectivity index (χ1) is 4.62. The molecule has 11 heavy (non-hydrogen) atoms. The first kappa shape index (κ1) is 14.5. The van der Waals surface area contributed by atoms with Crippen molar-refractivity contribution in [3.8, 4) is 0 Å². The molecule has 0 aromatic carbocycles. The monoisotopic (exact) mass is 166 g/mol. The Morgan fingerprint density at radius 1 is 1.36 bits per heavy atom. The van der Waals surface area contributed by atoms with Crippen LogP contribution >= 0.6 is 11.8 Å². The molecule has 0 aliphatic heterocycles. The molecule has 0 aromatic rings. The second-order valence-electron chi connectivity index (χ2n) is 3.17. The number of hydrogen-bond donors (Lipinski definition) is 0. The molecule has 0 aliphatic rings. The summed E-state index contributed by atoms with van der Waals surface area (Å²) in [5, 5.41) is 0. The Labute approximate surface area is 88.1 Å². The van der Waals surface area contributed by atoms with Gasteiger partial charge in [0.25, 0.3) is 0 Å². The van der Waals surface area contributed by atoms with Crippen LogP contribution in [0, 0.1) is 6.92 Å². The summed E-state index contributed by atoms with van der Waals surface area (Å²) in [5.41, 5.74) is 0. The molecule has 0 bridgehead atoms. The average molecular weight is 166 g/mol. The van der Waals surface area contributed by atoms with Gasteiger partial charge in [-0.05, 0) is 12.2 Å². The first-order valence-electron chi connectivity index (χ1n) is 4.05. The molecule has 0 fully saturated rings. The SMILES string of the molecule is [CH2-]CCCSC(C)(C)CC.[Li+]. The molecule has 0 atom stereocenters. The molecule has 0 saturated carbocycles. The van der Waals surface area contributed by atoms with Crippen LogP contribution in [0.4, 0.5) is 0 Å². The maximum absolute atomic E-state index is 3.82. The van der Waals surface area contributed by atoms with Crippen LogP contribution in [-0.2, 0) is 0 Å². The van der Waals surface area contributed by atoms with Gasteiger partial charge in [-0.2, -0.15) is 18.2 Å². The van der Waals surface area contributed by atoms with Crippen molar-refractivity contribution in [2.75, 3.05) is 5.75 Å². The Morgan fingerprint density at radius 2 is 1.91 bits per heavy atom. The van der Waals surface area contributed by atoms with Crippen LogP contribution in [0.3, 0.4) is 0 Å². The Hall–Kier alpha value is 0.947. The van der Waals surface area contributed by atoms with Crippen LogP contribution in [0.5, 0.6) is 0 Å². The van der Waals surface area contributed by atoms with Crippen molar-refractivity contribution in [3.05, 3.63) is 6.92 Å². The molecule has 0 aliphatic carbocycles. The maximum Gasteiger partial charge on any atom is 1.00 e. The van der Waals surface area contributed by atoms with Gasteiger partial charge in [0.1, 0.15) is 0 Å². The summed E-state index contributed by atoms with van der Waals surface area (Å²) < 4.78 is 0.481. The topological polar surface area (TPSA) is 0 Å². The Balaban J connectivity index is 0. The van der Waals surface area contributed by atoms with E-state index in [9.17, 15) is 0 Å². The summed E-state index contributed by atoms with van der Waals surface area (Å²) in [5.74, 6) is 1.27. The van der Waals surface area contributed by atoms with Gasteiger partial charge in [-0.25, -0.2) is 0 Å². The Morgan fingerprint density at radius 3 is 2.27 bits per heavy atom. The van der Waals surface area contributed by atoms with Crippen LogP contribution in [0.25, 0.3) is 0 Å². The van der Waals surface area contributed by atoms with E-state index in [1.807, 2.05) is 0 Å². The number of hydrogen-bond acceptors (Lipinski definition) is 1. The van der Waals surface area contributed by atoms with Crippen molar-refractivity contribution >= 4 is 11.8 Å². The van der Waals surface area contributed by atoms with E-state index in [0.717, 1.165) is 6.42 Å². The molecule has 0 unspecified atom stereocenters. The standard InChI is InChI=1S/C9H19S.Li/c1-5-7-8-10-9(3,4)6-2;/h1,5-8H2,2-4H3;/q-1;+1. The molecule has 0 heterocycles. The average Bonchev–Trinajstić information content (AvgIpc) is 1.89. The molecular formula is C9H19LiS. The van der Waals surface area contributed by atoms with Crippen LogP contribution in [-0.4, -0.2) is 10.5 Å². The molecule has 0 nitrogen and oxygen atoms in total. The van der Waals surface area contributed by atoms with Gasteiger partial charge in [-0.1, -0.05) is 27.2 Å². The predicted octanol–water partition coefficient (Wildman–Crippen LogP) is 0.526. The first-order valence-corrected chi connectivity index (χ1v) is 5.04. The molecule has 0 saturated heterocycles. The van der Waals surface area contributed by atoms with Crippen LogP contribution < -0.4 is 18.9 Å². The van der Waals surface area contributed by atoms with Crippen molar-refractivity contribution in [3.63, 3.8) is 0 Å². The summed E-state index contributed by atoms with van der Waals surface area (Å²) in [4.78, 5) is 0. The van der Waals surface area contributed by atoms with Gasteiger partial charge in [0.05, 0.1) is 0 Å². The van der Waals surface area contributed by atoms with E-state index in [-0.39, 0.29) is 18.9 Å². The molecule has 0 spiro atoms. The molecule has 0 radical (unpaired) electrons. The fourth-order valence-electron chi connectivity index (χ4n) is 0.553. The summed E-state index contributed by atoms with van der Waals surface area (Å²) in [6.45, 7) is 10.7. The summed E-state index contributed by atoms with van der Waals surface area (Å²) >= 11 is 2.06. The van der Waals surface area contributed by atoms with E-state index in [1.54, 1.807) is 0 Å². The quantitative estimate of drug-likeness (QED) is 0.326. The van der Waals surface area contributed by atoms with Gasteiger partial charge in [0.2, 0.25) is 0 Å². The van der Waals surface area contributed by atoms with Crippen molar-refractivity contribution < 1.29 is 18.9 Å². The predicted molar refractivity (Wildman–Crippen MR) is 51.4 cm³/mol. The van der Waals surface area contributed by atoms with E-state index < -0.39 is 0 Å². The van der Waals surface area contributed by atoms with Crippen molar-refractivity contribution in [2.24, 2.45) is 0 Å². The number of thioether (sulfide) groups is 1. The minimum Gasteiger partial charge on any atom is -0.343 e. The van der Waals surface area contributed by atoms with Gasteiger partial charge in [0, 0.05) is 4.75 Å². The number of rotatable bonds is 5. The summed E-state index contributed by atoms with van der Waals surface area (Å²) in [6, 6.07) is 0. The zero-order valence-corrected chi connectivity index (χ0v) is 9.26. The van der Waals surface area contributed by atoms with E-state index in [4.69, 9.17) is 0 Å². The summed E-state index contributed by atoms with van der Waals surface area (Å²) in [7, 11) is 0. The molecule has 0 N–H and O–H groups in total. The van der Waals surface area contributed by atoms with Gasteiger partial charge >= 0.3 is 18.9 Å². The van der Waals surface area contributed by atoms with Gasteiger partial charge in [-0.15, -0.1) is 0 Å². The Bertz CT molecular complexity index is 81.6. The van der Waals surface area contributed by atoms with Gasteiger partial charge in [-0.3, -0.25) is 0 Å². The molecular weight excluding hydrogens is 147 g/mol. The third-order valence-electron chi connectivity index (χ3n) is 1.74. The third-order valence-corrected chi connectivity index (χ3v) is 3.30. The second-order valence-corrected chi connectivity index (χ2v) is 4.97. The minimum absolute atomic E-state index is 0. The molecule has 62 valence electrons. The zero-order chi connectivity index (χ0) is 8.04. The van der Waals surface area contributed by atoms with E-state index in [1.165, 1.54) is 18.6 Å². The fourth-order valence-corrected chi connectivity index (χ4v) is 1.66. The number of unbranched alkanes of at least 4 members (excludes halogenated alkanes) is 1. The molecule has 0 aromatic heterocycles. The largest absolute Gasteiger partial charge is 1.00 e. The molecule has 0 rings (SSSR count). The van der Waals surface area contributed by atoms with Crippen molar-refractivity contribution in [2.45, 2.75) is 44.8 Å².